The van der Waals surface area contributed by atoms with Crippen LogP contribution in [0.15, 0.2) is 41.3 Å². The highest BCUT2D eigenvalue weighted by atomic mass is 32.2. The highest BCUT2D eigenvalue weighted by molar-refractivity contribution is 7.98. The van der Waals surface area contributed by atoms with E-state index in [1.54, 1.807) is 24.9 Å². The first-order valence-corrected chi connectivity index (χ1v) is 6.97. The molecule has 0 heterocycles. The van der Waals surface area contributed by atoms with Crippen molar-refractivity contribution in [3.8, 4) is 5.75 Å². The molecule has 3 nitrogen and oxygen atoms in total. The summed E-state index contributed by atoms with van der Waals surface area (Å²) in [6.45, 7) is 0. The van der Waals surface area contributed by atoms with Crippen LogP contribution in [0.2, 0.25) is 0 Å². The maximum absolute atomic E-state index is 5.56. The molecule has 0 amide bonds. The molecule has 0 aliphatic heterocycles. The van der Waals surface area contributed by atoms with Crippen molar-refractivity contribution in [1.82, 2.24) is 0 Å². The zero-order valence-corrected chi connectivity index (χ0v) is 12.2. The minimum absolute atomic E-state index is 0.779. The summed E-state index contributed by atoms with van der Waals surface area (Å²) in [5, 5.41) is 3.02. The molecule has 2 aromatic carbocycles. The average Bonchev–Trinajstić information content (AvgIpc) is 2.48. The fraction of sp³-hybridized carbons (Fsp3) is 0.200. The van der Waals surface area contributed by atoms with E-state index in [4.69, 9.17) is 10.5 Å². The third kappa shape index (κ3) is 4.65. The van der Waals surface area contributed by atoms with Gasteiger partial charge < -0.3 is 15.8 Å². The van der Waals surface area contributed by atoms with Crippen LogP contribution in [0.5, 0.6) is 5.75 Å². The van der Waals surface area contributed by atoms with Crippen molar-refractivity contribution in [1.29, 1.82) is 0 Å². The van der Waals surface area contributed by atoms with E-state index in [0.29, 0.717) is 0 Å². The molecule has 19 heavy (non-hydrogen) atoms. The van der Waals surface area contributed by atoms with Gasteiger partial charge in [0.05, 0.1) is 18.5 Å². The van der Waals surface area contributed by atoms with Gasteiger partial charge in [0.25, 0.3) is 0 Å². The summed E-state index contributed by atoms with van der Waals surface area (Å²) in [5.41, 5.74) is 7.36. The lowest BCUT2D eigenvalue weighted by Crippen LogP contribution is -1.91. The molecule has 0 atom stereocenters. The Morgan fingerprint density at radius 1 is 1.21 bits per heavy atom. The summed E-state index contributed by atoms with van der Waals surface area (Å²) in [6.07, 6.45) is 1.99. The van der Waals surface area contributed by atoms with Crippen LogP contribution in [0.25, 0.3) is 0 Å². The SMILES string of the molecule is CNc1ccccc1OC.CSc1cc#ccc1N. The maximum atomic E-state index is 5.56. The standard InChI is InChI=1S/C8H11NO.C7H7NS/c1-9-7-5-3-4-6-8(7)10-2;1-9-7-5-3-2-4-6(7)8/h3-6,9H,1-2H3;4-5H,8H2,1H3. The maximum Gasteiger partial charge on any atom is 0.141 e. The number of anilines is 2. The Balaban J connectivity index is 0.000000191. The summed E-state index contributed by atoms with van der Waals surface area (Å²) in [6, 6.07) is 17.0. The summed E-state index contributed by atoms with van der Waals surface area (Å²) in [5.74, 6) is 0.880. The molecule has 0 saturated heterocycles. The van der Waals surface area contributed by atoms with Crippen molar-refractivity contribution >= 4 is 23.1 Å². The number of thioether (sulfide) groups is 1. The third-order valence-corrected chi connectivity index (χ3v) is 3.19. The van der Waals surface area contributed by atoms with E-state index in [2.05, 4.69) is 17.4 Å². The molecule has 100 valence electrons. The van der Waals surface area contributed by atoms with E-state index in [1.165, 1.54) is 0 Å². The predicted octanol–water partition coefficient (Wildman–Crippen LogP) is 3.33. The van der Waals surface area contributed by atoms with Gasteiger partial charge in [-0.2, -0.15) is 0 Å². The molecule has 0 aromatic heterocycles. The van der Waals surface area contributed by atoms with E-state index in [-0.39, 0.29) is 0 Å². The van der Waals surface area contributed by atoms with Crippen molar-refractivity contribution in [3.05, 3.63) is 48.5 Å². The van der Waals surface area contributed by atoms with Gasteiger partial charge in [0, 0.05) is 24.1 Å². The first kappa shape index (κ1) is 15.1. The molecule has 0 fully saturated rings. The second-order valence-electron chi connectivity index (χ2n) is 3.55. The molecule has 2 rings (SSSR count). The predicted molar refractivity (Wildman–Crippen MR) is 82.8 cm³/mol. The number of para-hydroxylation sites is 2. The number of benzene rings is 1. The second-order valence-corrected chi connectivity index (χ2v) is 4.40. The van der Waals surface area contributed by atoms with Crippen LogP contribution in [0.1, 0.15) is 0 Å². The molecule has 4 heteroatoms. The van der Waals surface area contributed by atoms with Gasteiger partial charge in [-0.05, 0) is 18.4 Å². The first-order valence-electron chi connectivity index (χ1n) is 5.75. The van der Waals surface area contributed by atoms with E-state index in [9.17, 15) is 0 Å². The van der Waals surface area contributed by atoms with Crippen LogP contribution in [-0.4, -0.2) is 20.4 Å². The molecular weight excluding hydrogens is 256 g/mol. The minimum Gasteiger partial charge on any atom is -0.495 e. The number of methoxy groups -OCH3 is 1. The van der Waals surface area contributed by atoms with E-state index < -0.39 is 0 Å². The number of nitrogen functional groups attached to an aromatic ring is 1. The number of ether oxygens (including phenoxy) is 1. The topological polar surface area (TPSA) is 47.3 Å². The third-order valence-electron chi connectivity index (χ3n) is 2.40. The van der Waals surface area contributed by atoms with E-state index in [1.807, 2.05) is 43.6 Å². The Hall–Kier alpha value is -1.99. The fourth-order valence-electron chi connectivity index (χ4n) is 1.41. The van der Waals surface area contributed by atoms with Crippen molar-refractivity contribution in [2.45, 2.75) is 4.90 Å². The number of rotatable bonds is 3. The quantitative estimate of drug-likeness (QED) is 0.843. The van der Waals surface area contributed by atoms with Gasteiger partial charge in [-0.25, -0.2) is 0 Å². The van der Waals surface area contributed by atoms with Crippen LogP contribution in [-0.2, 0) is 0 Å². The van der Waals surface area contributed by atoms with Gasteiger partial charge in [-0.3, -0.25) is 0 Å². The molecule has 2 aromatic rings. The van der Waals surface area contributed by atoms with Crippen molar-refractivity contribution in [2.75, 3.05) is 31.5 Å². The van der Waals surface area contributed by atoms with Crippen molar-refractivity contribution in [2.24, 2.45) is 0 Å². The highest BCUT2D eigenvalue weighted by Crippen LogP contribution is 2.21. The molecule has 0 saturated carbocycles. The molecule has 0 unspecified atom stereocenters. The van der Waals surface area contributed by atoms with Gasteiger partial charge in [0.1, 0.15) is 5.75 Å². The lowest BCUT2D eigenvalue weighted by atomic mass is 10.3. The molecular formula is C15H18N2OS. The summed E-state index contributed by atoms with van der Waals surface area (Å²) < 4.78 is 5.07. The van der Waals surface area contributed by atoms with E-state index >= 15 is 0 Å². The molecule has 3 N–H and O–H groups in total. The van der Waals surface area contributed by atoms with E-state index in [0.717, 1.165) is 22.0 Å². The normalized spacial score (nSPS) is 8.79. The van der Waals surface area contributed by atoms with Gasteiger partial charge >= 0.3 is 0 Å². The lowest BCUT2D eigenvalue weighted by Gasteiger charge is -2.05. The molecule has 0 aliphatic carbocycles. The number of nitrogens with one attached hydrogen (secondary N) is 1. The van der Waals surface area contributed by atoms with Gasteiger partial charge in [0.15, 0.2) is 0 Å². The van der Waals surface area contributed by atoms with Crippen molar-refractivity contribution in [3.63, 3.8) is 0 Å². The first-order chi connectivity index (χ1) is 9.22. The zero-order chi connectivity index (χ0) is 14.1. The minimum atomic E-state index is 0.779. The Bertz CT molecular complexity index is 480. The summed E-state index contributed by atoms with van der Waals surface area (Å²) in [4.78, 5) is 1.06. The monoisotopic (exact) mass is 274 g/mol. The van der Waals surface area contributed by atoms with Crippen molar-refractivity contribution < 1.29 is 4.74 Å². The Labute approximate surface area is 119 Å². The average molecular weight is 274 g/mol. The summed E-state index contributed by atoms with van der Waals surface area (Å²) in [7, 11) is 3.54. The number of hydrogen-bond acceptors (Lipinski definition) is 4. The molecule has 0 radical (unpaired) electrons. The Morgan fingerprint density at radius 3 is 2.37 bits per heavy atom. The van der Waals surface area contributed by atoms with Crippen LogP contribution in [0.4, 0.5) is 11.4 Å². The van der Waals surface area contributed by atoms with Crippen LogP contribution in [0.3, 0.4) is 0 Å². The van der Waals surface area contributed by atoms with Gasteiger partial charge in [-0.15, -0.1) is 11.8 Å². The highest BCUT2D eigenvalue weighted by Gasteiger charge is 1.95. The van der Waals surface area contributed by atoms with Crippen LogP contribution in [0, 0.1) is 12.1 Å². The number of hydrogen-bond donors (Lipinski definition) is 2. The summed E-state index contributed by atoms with van der Waals surface area (Å²) >= 11 is 1.62. The van der Waals surface area contributed by atoms with Crippen LogP contribution >= 0.6 is 11.8 Å². The fourth-order valence-corrected chi connectivity index (χ4v) is 1.88. The molecule has 0 spiro atoms. The second kappa shape index (κ2) is 8.17. The lowest BCUT2D eigenvalue weighted by molar-refractivity contribution is 0.416. The Kier molecular flexibility index (Phi) is 6.48. The largest absolute Gasteiger partial charge is 0.495 e. The van der Waals surface area contributed by atoms with Gasteiger partial charge in [-0.1, -0.05) is 24.3 Å². The zero-order valence-electron chi connectivity index (χ0n) is 11.4. The van der Waals surface area contributed by atoms with Gasteiger partial charge in [0.2, 0.25) is 0 Å². The smallest absolute Gasteiger partial charge is 0.141 e. The molecule has 0 aliphatic rings. The molecule has 0 bridgehead atoms. The Morgan fingerprint density at radius 2 is 1.89 bits per heavy atom. The number of nitrogens with two attached hydrogens (primary N) is 1. The van der Waals surface area contributed by atoms with Crippen LogP contribution < -0.4 is 15.8 Å².